The molecule has 1 aliphatic heterocycles. The largest absolute Gasteiger partial charge is 0.496 e. The van der Waals surface area contributed by atoms with E-state index in [0.29, 0.717) is 23.4 Å². The van der Waals surface area contributed by atoms with E-state index in [-0.39, 0.29) is 17.6 Å². The number of nitro benzene ring substituents is 1. The number of nitro groups is 1. The molecule has 1 unspecified atom stereocenters. The van der Waals surface area contributed by atoms with E-state index in [9.17, 15) is 14.9 Å². The van der Waals surface area contributed by atoms with E-state index < -0.39 is 4.92 Å². The van der Waals surface area contributed by atoms with Gasteiger partial charge in [0.1, 0.15) is 5.75 Å². The Labute approximate surface area is 144 Å². The molecule has 0 saturated heterocycles. The van der Waals surface area contributed by atoms with Crippen LogP contribution >= 0.6 is 0 Å². The van der Waals surface area contributed by atoms with E-state index >= 15 is 0 Å². The van der Waals surface area contributed by atoms with Crippen molar-refractivity contribution >= 4 is 17.3 Å². The molecule has 1 aliphatic rings. The Morgan fingerprint density at radius 1 is 1.28 bits per heavy atom. The average Bonchev–Trinajstić information content (AvgIpc) is 3.07. The minimum Gasteiger partial charge on any atom is -0.496 e. The lowest BCUT2D eigenvalue weighted by Gasteiger charge is -2.20. The van der Waals surface area contributed by atoms with Crippen molar-refractivity contribution in [2.75, 3.05) is 7.11 Å². The van der Waals surface area contributed by atoms with Crippen molar-refractivity contribution in [3.05, 3.63) is 69.8 Å². The second-order valence-corrected chi connectivity index (χ2v) is 5.68. The van der Waals surface area contributed by atoms with Crippen molar-refractivity contribution < 1.29 is 14.5 Å². The summed E-state index contributed by atoms with van der Waals surface area (Å²) in [5.74, 6) is 0.450. The minimum absolute atomic E-state index is 0.00764. The molecule has 0 spiro atoms. The predicted octanol–water partition coefficient (Wildman–Crippen LogP) is 3.30. The quantitative estimate of drug-likeness (QED) is 0.632. The molecule has 1 atom stereocenters. The summed E-state index contributed by atoms with van der Waals surface area (Å²) in [6, 6.07) is 13.4. The average molecular weight is 339 g/mol. The molecule has 0 saturated carbocycles. The topological polar surface area (TPSA) is 85.0 Å². The van der Waals surface area contributed by atoms with Crippen molar-refractivity contribution in [2.24, 2.45) is 5.10 Å². The molecular weight excluding hydrogens is 322 g/mol. The van der Waals surface area contributed by atoms with Gasteiger partial charge in [0.05, 0.1) is 23.8 Å². The standard InChI is InChI=1S/C18H17N3O4/c1-12(22)20-17(13-6-5-7-14(10-13)21(23)24)11-16(19-20)15-8-3-4-9-18(15)25-2/h3-10,17H,11H2,1-2H3. The van der Waals surface area contributed by atoms with Crippen molar-refractivity contribution in [3.8, 4) is 5.75 Å². The van der Waals surface area contributed by atoms with Crippen LogP contribution in [0.3, 0.4) is 0 Å². The number of amides is 1. The first-order valence-corrected chi connectivity index (χ1v) is 7.76. The lowest BCUT2D eigenvalue weighted by Crippen LogP contribution is -2.24. The van der Waals surface area contributed by atoms with E-state index in [0.717, 1.165) is 5.56 Å². The molecule has 3 rings (SSSR count). The van der Waals surface area contributed by atoms with Crippen LogP contribution in [-0.4, -0.2) is 28.7 Å². The Balaban J connectivity index is 1.99. The number of hydrogen-bond acceptors (Lipinski definition) is 5. The van der Waals surface area contributed by atoms with Crippen LogP contribution in [0.25, 0.3) is 0 Å². The molecule has 0 fully saturated rings. The van der Waals surface area contributed by atoms with Crippen molar-refractivity contribution in [2.45, 2.75) is 19.4 Å². The number of ether oxygens (including phenoxy) is 1. The summed E-state index contributed by atoms with van der Waals surface area (Å²) in [5.41, 5.74) is 2.19. The number of benzene rings is 2. The molecule has 2 aromatic carbocycles. The number of methoxy groups -OCH3 is 1. The number of carbonyl (C=O) groups is 1. The number of rotatable bonds is 4. The fourth-order valence-electron chi connectivity index (χ4n) is 2.95. The molecule has 25 heavy (non-hydrogen) atoms. The SMILES string of the molecule is COc1ccccc1C1=NN(C(C)=O)C(c2cccc([N+](=O)[O-])c2)C1. The van der Waals surface area contributed by atoms with Gasteiger partial charge < -0.3 is 4.74 Å². The van der Waals surface area contributed by atoms with Gasteiger partial charge in [-0.25, -0.2) is 5.01 Å². The molecule has 1 amide bonds. The van der Waals surface area contributed by atoms with Gasteiger partial charge >= 0.3 is 0 Å². The zero-order valence-electron chi connectivity index (χ0n) is 13.9. The fourth-order valence-corrected chi connectivity index (χ4v) is 2.95. The summed E-state index contributed by atoms with van der Waals surface area (Å²) in [4.78, 5) is 22.6. The first kappa shape index (κ1) is 16.6. The summed E-state index contributed by atoms with van der Waals surface area (Å²) >= 11 is 0. The molecule has 0 radical (unpaired) electrons. The van der Waals surface area contributed by atoms with Gasteiger partial charge in [-0.1, -0.05) is 24.3 Å². The van der Waals surface area contributed by atoms with Gasteiger partial charge in [0.2, 0.25) is 5.91 Å². The van der Waals surface area contributed by atoms with Crippen molar-refractivity contribution in [1.29, 1.82) is 0 Å². The van der Waals surface area contributed by atoms with Crippen LogP contribution in [0, 0.1) is 10.1 Å². The Hall–Kier alpha value is -3.22. The highest BCUT2D eigenvalue weighted by Gasteiger charge is 2.33. The van der Waals surface area contributed by atoms with E-state index in [1.165, 1.54) is 24.1 Å². The summed E-state index contributed by atoms with van der Waals surface area (Å²) < 4.78 is 5.37. The van der Waals surface area contributed by atoms with Gasteiger partial charge in [0.15, 0.2) is 0 Å². The van der Waals surface area contributed by atoms with Gasteiger partial charge in [-0.05, 0) is 17.7 Å². The monoisotopic (exact) mass is 339 g/mol. The molecule has 7 heteroatoms. The van der Waals surface area contributed by atoms with Crippen LogP contribution in [0.5, 0.6) is 5.75 Å². The molecular formula is C18H17N3O4. The third-order valence-corrected chi connectivity index (χ3v) is 4.12. The van der Waals surface area contributed by atoms with Crippen LogP contribution in [0.2, 0.25) is 0 Å². The van der Waals surface area contributed by atoms with Crippen LogP contribution < -0.4 is 4.74 Å². The second kappa shape index (κ2) is 6.72. The van der Waals surface area contributed by atoms with Crippen LogP contribution in [0.4, 0.5) is 5.69 Å². The molecule has 1 heterocycles. The van der Waals surface area contributed by atoms with Crippen LogP contribution in [-0.2, 0) is 4.79 Å². The number of nitrogens with zero attached hydrogens (tertiary/aromatic N) is 3. The Morgan fingerprint density at radius 3 is 2.72 bits per heavy atom. The number of hydrazone groups is 1. The summed E-state index contributed by atoms with van der Waals surface area (Å²) in [5, 5.41) is 16.9. The summed E-state index contributed by atoms with van der Waals surface area (Å²) in [6.07, 6.45) is 0.459. The number of carbonyl (C=O) groups excluding carboxylic acids is 1. The Bertz CT molecular complexity index is 863. The van der Waals surface area contributed by atoms with Crippen molar-refractivity contribution in [3.63, 3.8) is 0 Å². The van der Waals surface area contributed by atoms with E-state index in [2.05, 4.69) is 5.10 Å². The van der Waals surface area contributed by atoms with E-state index in [1.54, 1.807) is 19.2 Å². The lowest BCUT2D eigenvalue weighted by molar-refractivity contribution is -0.384. The highest BCUT2D eigenvalue weighted by molar-refractivity contribution is 6.05. The van der Waals surface area contributed by atoms with Crippen molar-refractivity contribution in [1.82, 2.24) is 5.01 Å². The van der Waals surface area contributed by atoms with E-state index in [1.807, 2.05) is 24.3 Å². The highest BCUT2D eigenvalue weighted by Crippen LogP contribution is 2.35. The zero-order valence-corrected chi connectivity index (χ0v) is 13.9. The first-order valence-electron chi connectivity index (χ1n) is 7.76. The zero-order chi connectivity index (χ0) is 18.0. The van der Waals surface area contributed by atoms with Gasteiger partial charge in [-0.15, -0.1) is 0 Å². The van der Waals surface area contributed by atoms with Gasteiger partial charge in [-0.2, -0.15) is 5.10 Å². The fraction of sp³-hybridized carbons (Fsp3) is 0.222. The smallest absolute Gasteiger partial charge is 0.269 e. The summed E-state index contributed by atoms with van der Waals surface area (Å²) in [7, 11) is 1.58. The molecule has 0 N–H and O–H groups in total. The molecule has 0 aromatic heterocycles. The number of non-ortho nitro benzene ring substituents is 1. The highest BCUT2D eigenvalue weighted by atomic mass is 16.6. The Morgan fingerprint density at radius 2 is 2.04 bits per heavy atom. The van der Waals surface area contributed by atoms with Gasteiger partial charge in [-0.3, -0.25) is 14.9 Å². The maximum Gasteiger partial charge on any atom is 0.269 e. The Kier molecular flexibility index (Phi) is 4.47. The van der Waals surface area contributed by atoms with Gasteiger partial charge in [0.25, 0.3) is 5.69 Å². The van der Waals surface area contributed by atoms with E-state index in [4.69, 9.17) is 4.74 Å². The molecule has 7 nitrogen and oxygen atoms in total. The molecule has 0 bridgehead atoms. The number of hydrogen-bond donors (Lipinski definition) is 0. The van der Waals surface area contributed by atoms with Crippen LogP contribution in [0.15, 0.2) is 53.6 Å². The lowest BCUT2D eigenvalue weighted by atomic mass is 9.97. The normalized spacial score (nSPS) is 16.5. The predicted molar refractivity (Wildman–Crippen MR) is 92.5 cm³/mol. The first-order chi connectivity index (χ1) is 12.0. The number of para-hydroxylation sites is 1. The van der Waals surface area contributed by atoms with Gasteiger partial charge in [0, 0.05) is 31.0 Å². The summed E-state index contributed by atoms with van der Waals surface area (Å²) in [6.45, 7) is 1.43. The minimum atomic E-state index is -0.446. The van der Waals surface area contributed by atoms with Crippen LogP contribution in [0.1, 0.15) is 30.5 Å². The second-order valence-electron chi connectivity index (χ2n) is 5.68. The maximum absolute atomic E-state index is 12.0. The molecule has 2 aromatic rings. The maximum atomic E-state index is 12.0. The molecule has 128 valence electrons. The third kappa shape index (κ3) is 3.21. The molecule has 0 aliphatic carbocycles. The third-order valence-electron chi connectivity index (χ3n) is 4.12.